The van der Waals surface area contributed by atoms with E-state index in [2.05, 4.69) is 15.6 Å². The van der Waals surface area contributed by atoms with E-state index in [-0.39, 0.29) is 17.5 Å². The lowest BCUT2D eigenvalue weighted by atomic mass is 9.83. The number of hydrogen-bond donors (Lipinski definition) is 1. The second-order valence-corrected chi connectivity index (χ2v) is 8.78. The molecule has 1 aliphatic rings. The molecule has 0 unspecified atom stereocenters. The van der Waals surface area contributed by atoms with Gasteiger partial charge in [-0.15, -0.1) is 5.10 Å². The Morgan fingerprint density at radius 2 is 1.38 bits per heavy atom. The van der Waals surface area contributed by atoms with E-state index in [1.807, 2.05) is 54.7 Å². The zero-order chi connectivity index (χ0) is 25.4. The van der Waals surface area contributed by atoms with Crippen molar-refractivity contribution in [2.45, 2.75) is 6.54 Å². The largest absolute Gasteiger partial charge is 0.322 e. The van der Waals surface area contributed by atoms with Crippen molar-refractivity contribution in [2.24, 2.45) is 0 Å². The van der Waals surface area contributed by atoms with E-state index < -0.39 is 0 Å². The minimum Gasteiger partial charge on any atom is -0.322 e. The number of nitrogens with zero attached hydrogens (tertiary/aromatic N) is 3. The first-order valence-corrected chi connectivity index (χ1v) is 11.8. The lowest BCUT2D eigenvalue weighted by Crippen LogP contribution is -2.21. The first-order chi connectivity index (χ1) is 18.1. The summed E-state index contributed by atoms with van der Waals surface area (Å²) in [6.07, 6.45) is 1.82. The Morgan fingerprint density at radius 1 is 0.730 bits per heavy atom. The average molecular weight is 485 g/mol. The number of rotatable bonds is 5. The molecule has 178 valence electrons. The smallest absolute Gasteiger partial charge is 0.255 e. The number of anilines is 1. The van der Waals surface area contributed by atoms with Gasteiger partial charge in [0.25, 0.3) is 5.91 Å². The van der Waals surface area contributed by atoms with Crippen molar-refractivity contribution in [3.63, 3.8) is 0 Å². The van der Waals surface area contributed by atoms with Gasteiger partial charge in [-0.3, -0.25) is 14.4 Å². The molecule has 7 nitrogen and oxygen atoms in total. The van der Waals surface area contributed by atoms with Crippen LogP contribution in [0.2, 0.25) is 0 Å². The molecule has 37 heavy (non-hydrogen) atoms. The summed E-state index contributed by atoms with van der Waals surface area (Å²) in [4.78, 5) is 38.2. The van der Waals surface area contributed by atoms with Crippen molar-refractivity contribution in [3.05, 3.63) is 137 Å². The number of fused-ring (bicyclic) bond motifs is 2. The van der Waals surface area contributed by atoms with Crippen molar-refractivity contribution in [2.75, 3.05) is 5.32 Å². The molecule has 0 atom stereocenters. The molecule has 4 aromatic carbocycles. The number of hydrogen-bond acceptors (Lipinski definition) is 5. The monoisotopic (exact) mass is 484 g/mol. The predicted octanol–water partition coefficient (Wildman–Crippen LogP) is 5.02. The van der Waals surface area contributed by atoms with Crippen molar-refractivity contribution in [3.8, 4) is 11.3 Å². The summed E-state index contributed by atoms with van der Waals surface area (Å²) in [5, 5.41) is 11.4. The average Bonchev–Trinajstić information content (AvgIpc) is 3.41. The van der Waals surface area contributed by atoms with Crippen LogP contribution in [0, 0.1) is 0 Å². The molecule has 1 aliphatic carbocycles. The Labute approximate surface area is 212 Å². The van der Waals surface area contributed by atoms with Crippen LogP contribution in [0.4, 0.5) is 5.69 Å². The van der Waals surface area contributed by atoms with Crippen LogP contribution in [0.1, 0.15) is 47.8 Å². The number of aromatic nitrogens is 3. The molecule has 1 N–H and O–H groups in total. The van der Waals surface area contributed by atoms with Crippen LogP contribution < -0.4 is 5.32 Å². The molecule has 1 heterocycles. The Hall–Kier alpha value is -5.17. The molecule has 0 spiro atoms. The Morgan fingerprint density at radius 3 is 2.11 bits per heavy atom. The van der Waals surface area contributed by atoms with Gasteiger partial charge in [0, 0.05) is 39.1 Å². The highest BCUT2D eigenvalue weighted by Crippen LogP contribution is 2.28. The Balaban J connectivity index is 1.17. The number of ketones is 2. The second kappa shape index (κ2) is 9.13. The van der Waals surface area contributed by atoms with E-state index in [9.17, 15) is 14.4 Å². The van der Waals surface area contributed by atoms with Gasteiger partial charge in [-0.05, 0) is 42.0 Å². The van der Waals surface area contributed by atoms with Crippen molar-refractivity contribution >= 4 is 23.2 Å². The maximum atomic E-state index is 13.0. The molecule has 5 aromatic rings. The Bertz CT molecular complexity index is 1670. The van der Waals surface area contributed by atoms with E-state index in [0.29, 0.717) is 45.7 Å². The zero-order valence-corrected chi connectivity index (χ0v) is 19.6. The fourth-order valence-electron chi connectivity index (χ4n) is 4.46. The van der Waals surface area contributed by atoms with Crippen molar-refractivity contribution in [1.82, 2.24) is 15.0 Å². The van der Waals surface area contributed by atoms with Gasteiger partial charge >= 0.3 is 0 Å². The summed E-state index contributed by atoms with van der Waals surface area (Å²) in [5.74, 6) is -0.456. The number of nitrogens with one attached hydrogen (secondary N) is 1. The third kappa shape index (κ3) is 4.23. The summed E-state index contributed by atoms with van der Waals surface area (Å²) in [7, 11) is 0. The summed E-state index contributed by atoms with van der Waals surface area (Å²) >= 11 is 0. The van der Waals surface area contributed by atoms with Gasteiger partial charge < -0.3 is 5.32 Å². The lowest BCUT2D eigenvalue weighted by molar-refractivity contribution is 0.0979. The standard InChI is InChI=1S/C30H20N4O3/c35-28-23-8-4-5-9-24(23)29(36)26-16-19(10-15-25(26)28)17-34-18-27(32-33-34)20-11-13-22(14-12-20)31-30(37)21-6-2-1-3-7-21/h1-16,18H,17H2,(H,31,37). The highest BCUT2D eigenvalue weighted by Gasteiger charge is 2.29. The molecule has 0 aliphatic heterocycles. The molecule has 0 saturated heterocycles. The number of carbonyl (C=O) groups is 3. The third-order valence-corrected chi connectivity index (χ3v) is 6.35. The fourth-order valence-corrected chi connectivity index (χ4v) is 4.46. The summed E-state index contributed by atoms with van der Waals surface area (Å²) in [5.41, 5.74) is 5.36. The molecule has 1 amide bonds. The van der Waals surface area contributed by atoms with Gasteiger partial charge in [0.1, 0.15) is 5.69 Å². The molecule has 0 fully saturated rings. The molecule has 7 heteroatoms. The van der Waals surface area contributed by atoms with E-state index >= 15 is 0 Å². The van der Waals surface area contributed by atoms with Crippen LogP contribution >= 0.6 is 0 Å². The maximum absolute atomic E-state index is 13.0. The molecule has 0 bridgehead atoms. The number of benzene rings is 4. The fraction of sp³-hybridized carbons (Fsp3) is 0.0333. The first kappa shape index (κ1) is 22.3. The minimum atomic E-state index is -0.173. The summed E-state index contributed by atoms with van der Waals surface area (Å²) < 4.78 is 1.69. The highest BCUT2D eigenvalue weighted by atomic mass is 16.2. The van der Waals surface area contributed by atoms with Gasteiger partial charge in [0.2, 0.25) is 0 Å². The molecule has 0 radical (unpaired) electrons. The topological polar surface area (TPSA) is 94.0 Å². The SMILES string of the molecule is O=C(Nc1ccc(-c2cn(Cc3ccc4c(c3)C(=O)c3ccccc3C4=O)nn2)cc1)c1ccccc1. The number of amides is 1. The van der Waals surface area contributed by atoms with E-state index in [1.54, 1.807) is 53.2 Å². The second-order valence-electron chi connectivity index (χ2n) is 8.78. The van der Waals surface area contributed by atoms with Gasteiger partial charge in [-0.25, -0.2) is 4.68 Å². The van der Waals surface area contributed by atoms with Crippen LogP contribution in [-0.4, -0.2) is 32.5 Å². The van der Waals surface area contributed by atoms with Gasteiger partial charge in [0.15, 0.2) is 11.6 Å². The van der Waals surface area contributed by atoms with Crippen LogP contribution in [0.3, 0.4) is 0 Å². The van der Waals surface area contributed by atoms with E-state index in [1.165, 1.54) is 0 Å². The van der Waals surface area contributed by atoms with Gasteiger partial charge in [0.05, 0.1) is 12.7 Å². The molecular weight excluding hydrogens is 464 g/mol. The van der Waals surface area contributed by atoms with Crippen molar-refractivity contribution < 1.29 is 14.4 Å². The first-order valence-electron chi connectivity index (χ1n) is 11.8. The van der Waals surface area contributed by atoms with Gasteiger partial charge in [-0.1, -0.05) is 65.9 Å². The summed E-state index contributed by atoms with van der Waals surface area (Å²) in [6, 6.07) is 28.6. The maximum Gasteiger partial charge on any atom is 0.255 e. The zero-order valence-electron chi connectivity index (χ0n) is 19.6. The van der Waals surface area contributed by atoms with E-state index in [0.717, 1.165) is 11.1 Å². The quantitative estimate of drug-likeness (QED) is 0.371. The molecule has 0 saturated carbocycles. The number of carbonyl (C=O) groups excluding carboxylic acids is 3. The minimum absolute atomic E-state index is 0.136. The van der Waals surface area contributed by atoms with E-state index in [4.69, 9.17) is 0 Å². The van der Waals surface area contributed by atoms with Crippen LogP contribution in [0.5, 0.6) is 0 Å². The van der Waals surface area contributed by atoms with Gasteiger partial charge in [-0.2, -0.15) is 0 Å². The molecule has 1 aromatic heterocycles. The predicted molar refractivity (Wildman–Crippen MR) is 139 cm³/mol. The summed E-state index contributed by atoms with van der Waals surface area (Å²) in [6.45, 7) is 0.397. The normalized spacial score (nSPS) is 12.1. The molecule has 6 rings (SSSR count). The van der Waals surface area contributed by atoms with Crippen molar-refractivity contribution in [1.29, 1.82) is 0 Å². The van der Waals surface area contributed by atoms with Crippen LogP contribution in [-0.2, 0) is 6.54 Å². The highest BCUT2D eigenvalue weighted by molar-refractivity contribution is 6.28. The lowest BCUT2D eigenvalue weighted by Gasteiger charge is -2.18. The molecular formula is C30H20N4O3. The van der Waals surface area contributed by atoms with Crippen LogP contribution in [0.15, 0.2) is 103 Å². The third-order valence-electron chi connectivity index (χ3n) is 6.35. The van der Waals surface area contributed by atoms with Crippen LogP contribution in [0.25, 0.3) is 11.3 Å². The Kier molecular flexibility index (Phi) is 5.50.